The summed E-state index contributed by atoms with van der Waals surface area (Å²) in [6, 6.07) is 0. The monoisotopic (exact) mass is 605 g/mol. The summed E-state index contributed by atoms with van der Waals surface area (Å²) in [4.78, 5) is 0. The number of hydrogen-bond donors (Lipinski definition) is 2. The van der Waals surface area contributed by atoms with Gasteiger partial charge in [0.15, 0.2) is 0 Å². The van der Waals surface area contributed by atoms with Crippen LogP contribution in [0.4, 0.5) is 0 Å². The van der Waals surface area contributed by atoms with Crippen molar-refractivity contribution in [1.82, 2.24) is 0 Å². The average molecular weight is 605 g/mol. The number of rotatable bonds is 32. The molecule has 0 aromatic rings. The van der Waals surface area contributed by atoms with E-state index in [-0.39, 0.29) is 0 Å². The van der Waals surface area contributed by atoms with E-state index in [1.807, 2.05) is 0 Å². The van der Waals surface area contributed by atoms with Crippen LogP contribution in [0, 0.1) is 0 Å². The van der Waals surface area contributed by atoms with Gasteiger partial charge < -0.3 is 10.2 Å². The second-order valence-electron chi connectivity index (χ2n) is 12.1. The van der Waals surface area contributed by atoms with Gasteiger partial charge in [0.25, 0.3) is 0 Å². The number of hydrogen-bond acceptors (Lipinski definition) is 3. The molecule has 0 heterocycles. The van der Waals surface area contributed by atoms with Gasteiger partial charge in [0.05, 0.1) is 0 Å². The van der Waals surface area contributed by atoms with E-state index in [2.05, 4.69) is 13.8 Å². The van der Waals surface area contributed by atoms with Gasteiger partial charge in [-0.1, -0.05) is 206 Å². The molecule has 4 heteroatoms. The fourth-order valence-electron chi connectivity index (χ4n) is 5.32. The third kappa shape index (κ3) is 51.2. The van der Waals surface area contributed by atoms with Crippen LogP contribution in [0.3, 0.4) is 0 Å². The second kappa shape index (κ2) is 49.1. The van der Waals surface area contributed by atoms with Crippen LogP contribution in [0.25, 0.3) is 0 Å². The van der Waals surface area contributed by atoms with Gasteiger partial charge in [0.1, 0.15) is 0 Å². The fraction of sp³-hybridized carbons (Fsp3) is 1.00. The SMILES string of the molecule is CCCCCCCCCCCCCCCCCCO.CCCCCCCCCCCCCCCCCCO.[O]=[Ti]. The first-order valence-corrected chi connectivity index (χ1v) is 18.9. The van der Waals surface area contributed by atoms with Crippen molar-refractivity contribution >= 4 is 0 Å². The Morgan fingerprint density at radius 1 is 0.275 bits per heavy atom. The van der Waals surface area contributed by atoms with E-state index < -0.39 is 0 Å². The van der Waals surface area contributed by atoms with Gasteiger partial charge in [-0.15, -0.1) is 0 Å². The van der Waals surface area contributed by atoms with Gasteiger partial charge in [-0.3, -0.25) is 0 Å². The first kappa shape index (κ1) is 44.9. The zero-order valence-electron chi connectivity index (χ0n) is 27.8. The molecule has 40 heavy (non-hydrogen) atoms. The zero-order chi connectivity index (χ0) is 30.0. The minimum atomic E-state index is 0.373. The molecule has 0 unspecified atom stereocenters. The van der Waals surface area contributed by atoms with E-state index in [1.165, 1.54) is 193 Å². The molecule has 2 N–H and O–H groups in total. The molecule has 0 aliphatic rings. The normalized spacial score (nSPS) is 10.6. The molecule has 0 spiro atoms. The molecule has 0 saturated heterocycles. The first-order chi connectivity index (χ1) is 19.8. The maximum atomic E-state index is 8.67. The third-order valence-corrected chi connectivity index (χ3v) is 8.02. The van der Waals surface area contributed by atoms with Crippen LogP contribution < -0.4 is 0 Å². The van der Waals surface area contributed by atoms with Gasteiger partial charge >= 0.3 is 23.7 Å². The van der Waals surface area contributed by atoms with E-state index in [1.54, 1.807) is 0 Å². The van der Waals surface area contributed by atoms with E-state index >= 15 is 0 Å². The maximum absolute atomic E-state index is 8.67. The predicted molar refractivity (Wildman–Crippen MR) is 174 cm³/mol. The Kier molecular flexibility index (Phi) is 55.1. The Hall–Kier alpha value is 0.434. The van der Waals surface area contributed by atoms with E-state index in [0.29, 0.717) is 13.2 Å². The molecule has 3 nitrogen and oxygen atoms in total. The molecule has 0 bridgehead atoms. The molecule has 0 amide bonds. The third-order valence-electron chi connectivity index (χ3n) is 8.02. The zero-order valence-corrected chi connectivity index (χ0v) is 29.4. The van der Waals surface area contributed by atoms with Crippen molar-refractivity contribution in [1.29, 1.82) is 0 Å². The van der Waals surface area contributed by atoms with Crippen molar-refractivity contribution < 1.29 is 33.9 Å². The van der Waals surface area contributed by atoms with Gasteiger partial charge in [-0.25, -0.2) is 0 Å². The summed E-state index contributed by atoms with van der Waals surface area (Å²) in [5, 5.41) is 17.3. The standard InChI is InChI=1S/2C18H38O.O.Ti/c2*1-2-3-4-5-6-7-8-9-10-11-12-13-14-15-16-17-18-19;;/h2*19H,2-18H2,1H3;;. The quantitative estimate of drug-likeness (QED) is 0.0593. The Morgan fingerprint density at radius 3 is 0.525 bits per heavy atom. The molecule has 0 rings (SSSR count). The van der Waals surface area contributed by atoms with Gasteiger partial charge in [-0.05, 0) is 12.8 Å². The van der Waals surface area contributed by atoms with Crippen LogP contribution in [0.15, 0.2) is 0 Å². The van der Waals surface area contributed by atoms with Crippen molar-refractivity contribution in [3.63, 3.8) is 0 Å². The number of aliphatic hydroxyl groups excluding tert-OH is 2. The molecule has 0 aliphatic heterocycles. The molecule has 0 fully saturated rings. The average Bonchev–Trinajstić information content (AvgIpc) is 2.98. The first-order valence-electron chi connectivity index (χ1n) is 18.3. The Labute approximate surface area is 265 Å². The summed E-state index contributed by atoms with van der Waals surface area (Å²) in [5.74, 6) is 0. The van der Waals surface area contributed by atoms with Crippen LogP contribution >= 0.6 is 0 Å². The Balaban J connectivity index is -0.000000644. The van der Waals surface area contributed by atoms with Crippen molar-refractivity contribution in [2.75, 3.05) is 13.2 Å². The van der Waals surface area contributed by atoms with E-state index in [0.717, 1.165) is 33.2 Å². The van der Waals surface area contributed by atoms with Crippen molar-refractivity contribution in [2.24, 2.45) is 0 Å². The number of aliphatic hydroxyl groups is 2. The summed E-state index contributed by atoms with van der Waals surface area (Å²) in [7, 11) is 0. The van der Waals surface area contributed by atoms with Crippen molar-refractivity contribution in [2.45, 2.75) is 219 Å². The molecule has 0 aromatic heterocycles. The molecule has 0 saturated carbocycles. The molecule has 0 radical (unpaired) electrons. The van der Waals surface area contributed by atoms with Gasteiger partial charge in [-0.2, -0.15) is 0 Å². The van der Waals surface area contributed by atoms with E-state index in [9.17, 15) is 0 Å². The van der Waals surface area contributed by atoms with E-state index in [4.69, 9.17) is 13.5 Å². The molecule has 0 aliphatic carbocycles. The summed E-state index contributed by atoms with van der Waals surface area (Å²) >= 11 is 0.750. The van der Waals surface area contributed by atoms with Crippen molar-refractivity contribution in [3.05, 3.63) is 0 Å². The van der Waals surface area contributed by atoms with Crippen LogP contribution in [0.2, 0.25) is 0 Å². The summed E-state index contributed by atoms with van der Waals surface area (Å²) in [5.41, 5.74) is 0. The Bertz CT molecular complexity index is 315. The van der Waals surface area contributed by atoms with Crippen LogP contribution in [-0.4, -0.2) is 23.4 Å². The van der Waals surface area contributed by atoms with Crippen LogP contribution in [0.1, 0.15) is 219 Å². The minimum absolute atomic E-state index is 0.373. The van der Waals surface area contributed by atoms with Crippen LogP contribution in [-0.2, 0) is 23.7 Å². The number of unbranched alkanes of at least 4 members (excludes halogenated alkanes) is 30. The predicted octanol–water partition coefficient (Wildman–Crippen LogP) is 12.4. The second-order valence-corrected chi connectivity index (χ2v) is 12.1. The molecular formula is C36H76O3Ti. The summed E-state index contributed by atoms with van der Waals surface area (Å²) in [6.45, 7) is 5.32. The summed E-state index contributed by atoms with van der Waals surface area (Å²) in [6.07, 6.45) is 44.3. The molecule has 0 aromatic carbocycles. The van der Waals surface area contributed by atoms with Gasteiger partial charge in [0.2, 0.25) is 0 Å². The Morgan fingerprint density at radius 2 is 0.400 bits per heavy atom. The molecule has 0 atom stereocenters. The van der Waals surface area contributed by atoms with Gasteiger partial charge in [0, 0.05) is 13.2 Å². The molecule has 242 valence electrons. The molecular weight excluding hydrogens is 528 g/mol. The summed E-state index contributed by atoms with van der Waals surface area (Å²) < 4.78 is 8.25. The fourth-order valence-corrected chi connectivity index (χ4v) is 5.32. The van der Waals surface area contributed by atoms with Crippen molar-refractivity contribution in [3.8, 4) is 0 Å². The topological polar surface area (TPSA) is 57.5 Å². The van der Waals surface area contributed by atoms with Crippen LogP contribution in [0.5, 0.6) is 0 Å².